The molecule has 0 bridgehead atoms. The van der Waals surface area contributed by atoms with Gasteiger partial charge in [0.15, 0.2) is 0 Å². The fourth-order valence-corrected chi connectivity index (χ4v) is 2.50. The minimum Gasteiger partial charge on any atom is -0.388 e. The summed E-state index contributed by atoms with van der Waals surface area (Å²) in [6, 6.07) is 3.45. The summed E-state index contributed by atoms with van der Waals surface area (Å²) in [5.41, 5.74) is -0.167. The maximum atomic E-state index is 11.7. The van der Waals surface area contributed by atoms with E-state index in [0.29, 0.717) is 17.9 Å². The quantitative estimate of drug-likeness (QED) is 0.770. The highest BCUT2D eigenvalue weighted by molar-refractivity contribution is 5.98. The first kappa shape index (κ1) is 13.8. The Kier molecular flexibility index (Phi) is 4.37. The Balaban J connectivity index is 2.04. The lowest BCUT2D eigenvalue weighted by Crippen LogP contribution is -2.39. The summed E-state index contributed by atoms with van der Waals surface area (Å²) in [6.45, 7) is 0.438. The van der Waals surface area contributed by atoms with Crippen LogP contribution < -0.4 is 10.6 Å². The molecule has 1 aliphatic carbocycles. The van der Waals surface area contributed by atoms with Crippen LogP contribution in [0.2, 0.25) is 0 Å². The van der Waals surface area contributed by atoms with Gasteiger partial charge in [-0.1, -0.05) is 19.3 Å². The number of carbonyl (C=O) groups is 1. The summed E-state index contributed by atoms with van der Waals surface area (Å²) < 4.78 is 0. The third-order valence-electron chi connectivity index (χ3n) is 3.65. The standard InChI is InChI=1S/C14H21N3O2/c1-15-13(18)11-6-5-9-16-12(11)17-10-14(19)7-3-2-4-8-14/h5-6,9,19H,2-4,7-8,10H2,1H3,(H,15,18)(H,16,17). The van der Waals surface area contributed by atoms with Gasteiger partial charge in [0.2, 0.25) is 0 Å². The van der Waals surface area contributed by atoms with Crippen LogP contribution in [0.1, 0.15) is 42.5 Å². The second-order valence-corrected chi connectivity index (χ2v) is 5.12. The van der Waals surface area contributed by atoms with E-state index in [2.05, 4.69) is 15.6 Å². The number of hydrogen-bond donors (Lipinski definition) is 3. The molecule has 5 nitrogen and oxygen atoms in total. The van der Waals surface area contributed by atoms with E-state index in [1.54, 1.807) is 25.4 Å². The third kappa shape index (κ3) is 3.44. The van der Waals surface area contributed by atoms with E-state index in [4.69, 9.17) is 0 Å². The van der Waals surface area contributed by atoms with Crippen LogP contribution in [-0.4, -0.2) is 35.2 Å². The molecule has 0 aliphatic heterocycles. The van der Waals surface area contributed by atoms with Crippen LogP contribution in [0.15, 0.2) is 18.3 Å². The molecule has 3 N–H and O–H groups in total. The van der Waals surface area contributed by atoms with Crippen molar-refractivity contribution in [1.82, 2.24) is 10.3 Å². The number of carbonyl (C=O) groups excluding carboxylic acids is 1. The maximum Gasteiger partial charge on any atom is 0.254 e. The van der Waals surface area contributed by atoms with E-state index in [9.17, 15) is 9.90 Å². The Morgan fingerprint density at radius 2 is 2.16 bits per heavy atom. The van der Waals surface area contributed by atoms with Crippen molar-refractivity contribution in [2.45, 2.75) is 37.7 Å². The zero-order valence-corrected chi connectivity index (χ0v) is 11.3. The van der Waals surface area contributed by atoms with Crippen LogP contribution >= 0.6 is 0 Å². The van der Waals surface area contributed by atoms with Gasteiger partial charge in [0.25, 0.3) is 5.91 Å². The highest BCUT2D eigenvalue weighted by atomic mass is 16.3. The van der Waals surface area contributed by atoms with Gasteiger partial charge in [0.05, 0.1) is 11.2 Å². The van der Waals surface area contributed by atoms with Crippen LogP contribution in [0.5, 0.6) is 0 Å². The van der Waals surface area contributed by atoms with Crippen molar-refractivity contribution in [3.63, 3.8) is 0 Å². The third-order valence-corrected chi connectivity index (χ3v) is 3.65. The Bertz CT molecular complexity index is 442. The molecule has 19 heavy (non-hydrogen) atoms. The molecule has 0 radical (unpaired) electrons. The Hall–Kier alpha value is -1.62. The summed E-state index contributed by atoms with van der Waals surface area (Å²) in [7, 11) is 1.59. The lowest BCUT2D eigenvalue weighted by atomic mass is 9.85. The Morgan fingerprint density at radius 3 is 2.84 bits per heavy atom. The fraction of sp³-hybridized carbons (Fsp3) is 0.571. The first-order chi connectivity index (χ1) is 9.14. The zero-order chi connectivity index (χ0) is 13.7. The second-order valence-electron chi connectivity index (χ2n) is 5.12. The van der Waals surface area contributed by atoms with E-state index in [1.807, 2.05) is 0 Å². The van der Waals surface area contributed by atoms with Gasteiger partial charge in [0.1, 0.15) is 5.82 Å². The van der Waals surface area contributed by atoms with Crippen molar-refractivity contribution in [3.05, 3.63) is 23.9 Å². The van der Waals surface area contributed by atoms with Crippen molar-refractivity contribution in [2.75, 3.05) is 18.9 Å². The van der Waals surface area contributed by atoms with Crippen molar-refractivity contribution < 1.29 is 9.90 Å². The van der Waals surface area contributed by atoms with Crippen molar-refractivity contribution >= 4 is 11.7 Å². The monoisotopic (exact) mass is 263 g/mol. The van der Waals surface area contributed by atoms with Crippen LogP contribution in [0.25, 0.3) is 0 Å². The summed E-state index contributed by atoms with van der Waals surface area (Å²) >= 11 is 0. The molecular weight excluding hydrogens is 242 g/mol. The maximum absolute atomic E-state index is 11.7. The number of rotatable bonds is 4. The van der Waals surface area contributed by atoms with Crippen LogP contribution in [0.3, 0.4) is 0 Å². The molecule has 104 valence electrons. The van der Waals surface area contributed by atoms with Gasteiger partial charge in [-0.15, -0.1) is 0 Å². The number of hydrogen-bond acceptors (Lipinski definition) is 4. The minimum absolute atomic E-state index is 0.175. The molecule has 0 unspecified atom stereocenters. The molecule has 1 heterocycles. The molecule has 1 amide bonds. The molecule has 0 atom stereocenters. The number of nitrogens with one attached hydrogen (secondary N) is 2. The lowest BCUT2D eigenvalue weighted by molar-refractivity contribution is 0.0166. The lowest BCUT2D eigenvalue weighted by Gasteiger charge is -2.32. The molecule has 0 aromatic carbocycles. The molecule has 1 saturated carbocycles. The smallest absolute Gasteiger partial charge is 0.254 e. The summed E-state index contributed by atoms with van der Waals surface area (Å²) in [5, 5.41) is 16.1. The van der Waals surface area contributed by atoms with Gasteiger partial charge in [-0.2, -0.15) is 0 Å². The van der Waals surface area contributed by atoms with E-state index in [1.165, 1.54) is 6.42 Å². The predicted molar refractivity (Wildman–Crippen MR) is 74.2 cm³/mol. The highest BCUT2D eigenvalue weighted by Gasteiger charge is 2.29. The molecule has 1 aliphatic rings. The molecule has 5 heteroatoms. The van der Waals surface area contributed by atoms with E-state index < -0.39 is 5.60 Å². The summed E-state index contributed by atoms with van der Waals surface area (Å²) in [4.78, 5) is 15.9. The highest BCUT2D eigenvalue weighted by Crippen LogP contribution is 2.28. The van der Waals surface area contributed by atoms with Gasteiger partial charge in [0, 0.05) is 19.8 Å². The molecule has 1 aromatic rings. The average Bonchev–Trinajstić information content (AvgIpc) is 2.45. The largest absolute Gasteiger partial charge is 0.388 e. The van der Waals surface area contributed by atoms with Crippen molar-refractivity contribution in [2.24, 2.45) is 0 Å². The van der Waals surface area contributed by atoms with E-state index in [0.717, 1.165) is 25.7 Å². The SMILES string of the molecule is CNC(=O)c1cccnc1NCC1(O)CCCCC1. The molecule has 1 aromatic heterocycles. The Labute approximate surface area is 113 Å². The number of pyridine rings is 1. The van der Waals surface area contributed by atoms with E-state index >= 15 is 0 Å². The summed E-state index contributed by atoms with van der Waals surface area (Å²) in [6.07, 6.45) is 6.56. The first-order valence-electron chi connectivity index (χ1n) is 6.78. The number of amides is 1. The van der Waals surface area contributed by atoms with Gasteiger partial charge in [-0.25, -0.2) is 4.98 Å². The van der Waals surface area contributed by atoms with Crippen LogP contribution in [0, 0.1) is 0 Å². The number of aromatic nitrogens is 1. The zero-order valence-electron chi connectivity index (χ0n) is 11.3. The topological polar surface area (TPSA) is 74.2 Å². The van der Waals surface area contributed by atoms with Gasteiger partial charge in [-0.3, -0.25) is 4.79 Å². The Morgan fingerprint density at radius 1 is 1.42 bits per heavy atom. The average molecular weight is 263 g/mol. The van der Waals surface area contributed by atoms with Crippen LogP contribution in [0.4, 0.5) is 5.82 Å². The minimum atomic E-state index is -0.671. The number of anilines is 1. The molecule has 0 spiro atoms. The van der Waals surface area contributed by atoms with Crippen molar-refractivity contribution in [1.29, 1.82) is 0 Å². The van der Waals surface area contributed by atoms with Gasteiger partial charge >= 0.3 is 0 Å². The predicted octanol–water partition coefficient (Wildman–Crippen LogP) is 1.55. The number of aliphatic hydroxyl groups is 1. The summed E-state index contributed by atoms with van der Waals surface area (Å²) in [5.74, 6) is 0.354. The number of nitrogens with zero attached hydrogens (tertiary/aromatic N) is 1. The fourth-order valence-electron chi connectivity index (χ4n) is 2.50. The van der Waals surface area contributed by atoms with Crippen LogP contribution in [-0.2, 0) is 0 Å². The molecule has 2 rings (SSSR count). The molecule has 1 fully saturated rings. The molecule has 0 saturated heterocycles. The molecular formula is C14H21N3O2. The first-order valence-corrected chi connectivity index (χ1v) is 6.78. The second kappa shape index (κ2) is 6.02. The normalized spacial score (nSPS) is 17.8. The van der Waals surface area contributed by atoms with Gasteiger partial charge < -0.3 is 15.7 Å². The van der Waals surface area contributed by atoms with Crippen molar-refractivity contribution in [3.8, 4) is 0 Å². The van der Waals surface area contributed by atoms with Gasteiger partial charge in [-0.05, 0) is 25.0 Å². The van der Waals surface area contributed by atoms with E-state index in [-0.39, 0.29) is 5.91 Å².